The van der Waals surface area contributed by atoms with Crippen molar-refractivity contribution in [2.24, 2.45) is 0 Å². The van der Waals surface area contributed by atoms with E-state index in [0.717, 1.165) is 17.6 Å². The summed E-state index contributed by atoms with van der Waals surface area (Å²) >= 11 is 1.76. The number of carbonyl (C=O) groups is 3. The molecule has 11 heteroatoms. The minimum absolute atomic E-state index is 0.0671. The molecule has 2 N–H and O–H groups in total. The summed E-state index contributed by atoms with van der Waals surface area (Å²) in [6.07, 6.45) is -3.30. The molecule has 0 unspecified atom stereocenters. The molecule has 0 saturated carbocycles. The molecular formula is C21H21F3N4O3S. The Morgan fingerprint density at radius 2 is 1.72 bits per heavy atom. The normalized spacial score (nSPS) is 13.6. The maximum atomic E-state index is 14.8. The van der Waals surface area contributed by atoms with Gasteiger partial charge in [-0.1, -0.05) is 24.3 Å². The Morgan fingerprint density at radius 3 is 2.34 bits per heavy atom. The van der Waals surface area contributed by atoms with Crippen LogP contribution in [0.5, 0.6) is 0 Å². The first kappa shape index (κ1) is 23.5. The number of rotatable bonds is 5. The third-order valence-corrected chi connectivity index (χ3v) is 5.66. The van der Waals surface area contributed by atoms with Crippen LogP contribution in [0.3, 0.4) is 0 Å². The van der Waals surface area contributed by atoms with Crippen molar-refractivity contribution in [1.29, 1.82) is 0 Å². The van der Waals surface area contributed by atoms with Gasteiger partial charge in [0.15, 0.2) is 0 Å². The van der Waals surface area contributed by atoms with E-state index < -0.39 is 24.1 Å². The van der Waals surface area contributed by atoms with Gasteiger partial charge < -0.3 is 4.90 Å². The fraction of sp³-hybridized carbons (Fsp3) is 0.286. The van der Waals surface area contributed by atoms with E-state index in [4.69, 9.17) is 0 Å². The minimum Gasteiger partial charge on any atom is -0.323 e. The number of amides is 4. The van der Waals surface area contributed by atoms with E-state index in [2.05, 4.69) is 0 Å². The largest absolute Gasteiger partial charge is 0.324 e. The second-order valence-electron chi connectivity index (χ2n) is 6.85. The molecule has 0 bridgehead atoms. The first-order valence-corrected chi connectivity index (χ1v) is 10.9. The number of urea groups is 1. The smallest absolute Gasteiger partial charge is 0.323 e. The second-order valence-corrected chi connectivity index (χ2v) is 8.08. The summed E-state index contributed by atoms with van der Waals surface area (Å²) in [6.45, 7) is 1.12. The Kier molecular flexibility index (Phi) is 7.98. The average Bonchev–Trinajstić information content (AvgIpc) is 2.82. The van der Waals surface area contributed by atoms with Crippen LogP contribution in [0, 0.1) is 5.82 Å². The van der Waals surface area contributed by atoms with Gasteiger partial charge in [0.1, 0.15) is 5.82 Å². The van der Waals surface area contributed by atoms with E-state index in [0.29, 0.717) is 18.8 Å². The number of anilines is 1. The molecule has 3 rings (SSSR count). The van der Waals surface area contributed by atoms with E-state index in [-0.39, 0.29) is 23.7 Å². The molecule has 0 atom stereocenters. The fourth-order valence-corrected chi connectivity index (χ4v) is 3.94. The number of nitrogens with zero attached hydrogens (tertiary/aromatic N) is 2. The van der Waals surface area contributed by atoms with Gasteiger partial charge in [-0.2, -0.15) is 20.5 Å². The highest BCUT2D eigenvalue weighted by atomic mass is 32.2. The lowest BCUT2D eigenvalue weighted by atomic mass is 10.1. The highest BCUT2D eigenvalue weighted by molar-refractivity contribution is 7.99. The molecule has 0 aliphatic carbocycles. The van der Waals surface area contributed by atoms with Gasteiger partial charge in [-0.15, -0.1) is 0 Å². The summed E-state index contributed by atoms with van der Waals surface area (Å²) in [6, 6.07) is 12.2. The molecule has 1 fully saturated rings. The Morgan fingerprint density at radius 1 is 1.03 bits per heavy atom. The number of hydrogen-bond acceptors (Lipinski definition) is 4. The van der Waals surface area contributed by atoms with Gasteiger partial charge in [0, 0.05) is 41.4 Å². The summed E-state index contributed by atoms with van der Waals surface area (Å²) in [7, 11) is 0. The number of halogens is 3. The predicted molar refractivity (Wildman–Crippen MR) is 115 cm³/mol. The first-order chi connectivity index (χ1) is 15.4. The fourth-order valence-electron chi connectivity index (χ4n) is 3.03. The Bertz CT molecular complexity index is 972. The summed E-state index contributed by atoms with van der Waals surface area (Å²) in [5.74, 6) is -1.72. The van der Waals surface area contributed by atoms with Crippen molar-refractivity contribution >= 4 is 35.3 Å². The van der Waals surface area contributed by atoms with Crippen LogP contribution in [0.15, 0.2) is 48.5 Å². The third kappa shape index (κ3) is 5.94. The number of hydrazine groups is 1. The number of hydrogen-bond donors (Lipinski definition) is 2. The lowest BCUT2D eigenvalue weighted by molar-refractivity contribution is -0.132. The van der Waals surface area contributed by atoms with E-state index in [1.54, 1.807) is 51.8 Å². The molecule has 7 nitrogen and oxygen atoms in total. The Balaban J connectivity index is 1.76. The van der Waals surface area contributed by atoms with E-state index in [9.17, 15) is 27.6 Å². The summed E-state index contributed by atoms with van der Waals surface area (Å²) < 4.78 is 39.2. The molecule has 0 aromatic heterocycles. The van der Waals surface area contributed by atoms with Gasteiger partial charge in [-0.25, -0.2) is 9.18 Å². The topological polar surface area (TPSA) is 81.8 Å². The van der Waals surface area contributed by atoms with Crippen LogP contribution in [0.25, 0.3) is 0 Å². The maximum absolute atomic E-state index is 14.8. The zero-order chi connectivity index (χ0) is 23.1. The summed E-state index contributed by atoms with van der Waals surface area (Å²) in [4.78, 5) is 39.2. The van der Waals surface area contributed by atoms with Gasteiger partial charge in [-0.3, -0.25) is 25.3 Å². The SMILES string of the molecule is O=C(NNC(=O)C(F)F)c1ccc(CN(C(=O)N2CCSCC2)c2ccccc2)c(F)c1. The van der Waals surface area contributed by atoms with Crippen molar-refractivity contribution in [2.45, 2.75) is 13.0 Å². The molecule has 1 saturated heterocycles. The number of carbonyl (C=O) groups excluding carboxylic acids is 3. The number of nitrogens with one attached hydrogen (secondary N) is 2. The predicted octanol–water partition coefficient (Wildman–Crippen LogP) is 3.03. The summed E-state index contributed by atoms with van der Waals surface area (Å²) in [5.41, 5.74) is 3.94. The number of benzene rings is 2. The zero-order valence-electron chi connectivity index (χ0n) is 16.9. The van der Waals surface area contributed by atoms with E-state index in [1.807, 2.05) is 6.07 Å². The lowest BCUT2D eigenvalue weighted by Gasteiger charge is -2.33. The monoisotopic (exact) mass is 466 g/mol. The molecule has 170 valence electrons. The molecule has 1 heterocycles. The summed E-state index contributed by atoms with van der Waals surface area (Å²) in [5, 5.41) is 0. The van der Waals surface area contributed by atoms with Crippen molar-refractivity contribution < 1.29 is 27.6 Å². The zero-order valence-corrected chi connectivity index (χ0v) is 17.7. The van der Waals surface area contributed by atoms with Crippen LogP contribution in [-0.2, 0) is 11.3 Å². The first-order valence-electron chi connectivity index (χ1n) is 9.73. The average molecular weight is 466 g/mol. The Labute approximate surface area is 186 Å². The van der Waals surface area contributed by atoms with Crippen molar-refractivity contribution in [3.63, 3.8) is 0 Å². The van der Waals surface area contributed by atoms with Crippen LogP contribution in [0.4, 0.5) is 23.7 Å². The van der Waals surface area contributed by atoms with Crippen LogP contribution in [-0.4, -0.2) is 53.8 Å². The maximum Gasteiger partial charge on any atom is 0.324 e. The van der Waals surface area contributed by atoms with Crippen molar-refractivity contribution in [3.05, 3.63) is 65.5 Å². The molecule has 0 radical (unpaired) electrons. The van der Waals surface area contributed by atoms with Crippen LogP contribution in [0.1, 0.15) is 15.9 Å². The molecule has 2 aromatic rings. The molecular weight excluding hydrogens is 445 g/mol. The van der Waals surface area contributed by atoms with Crippen molar-refractivity contribution in [3.8, 4) is 0 Å². The van der Waals surface area contributed by atoms with Gasteiger partial charge in [0.2, 0.25) is 0 Å². The van der Waals surface area contributed by atoms with E-state index >= 15 is 0 Å². The number of alkyl halides is 2. The molecule has 1 aliphatic heterocycles. The molecule has 1 aliphatic rings. The highest BCUT2D eigenvalue weighted by Crippen LogP contribution is 2.22. The standard InChI is InChI=1S/C21H21F3N4O3S/c22-17-12-14(19(29)25-26-20(30)18(23)24)6-7-15(17)13-28(16-4-2-1-3-5-16)21(31)27-8-10-32-11-9-27/h1-7,12,18H,8-11,13H2,(H,25,29)(H,26,30). The van der Waals surface area contributed by atoms with Gasteiger partial charge in [0.05, 0.1) is 6.54 Å². The van der Waals surface area contributed by atoms with Gasteiger partial charge >= 0.3 is 18.4 Å². The number of thioether (sulfide) groups is 1. The van der Waals surface area contributed by atoms with Crippen LogP contribution < -0.4 is 15.8 Å². The van der Waals surface area contributed by atoms with Crippen molar-refractivity contribution in [1.82, 2.24) is 15.8 Å². The molecule has 2 aromatic carbocycles. The molecule has 0 spiro atoms. The van der Waals surface area contributed by atoms with Crippen LogP contribution >= 0.6 is 11.8 Å². The van der Waals surface area contributed by atoms with Gasteiger partial charge in [0.25, 0.3) is 5.91 Å². The highest BCUT2D eigenvalue weighted by Gasteiger charge is 2.25. The lowest BCUT2D eigenvalue weighted by Crippen LogP contribution is -2.46. The Hall–Kier alpha value is -3.21. The molecule has 4 amide bonds. The quantitative estimate of drug-likeness (QED) is 0.664. The van der Waals surface area contributed by atoms with Crippen molar-refractivity contribution in [2.75, 3.05) is 29.5 Å². The van der Waals surface area contributed by atoms with Crippen LogP contribution in [0.2, 0.25) is 0 Å². The third-order valence-electron chi connectivity index (χ3n) is 4.72. The van der Waals surface area contributed by atoms with Gasteiger partial charge in [-0.05, 0) is 24.3 Å². The molecule has 32 heavy (non-hydrogen) atoms. The minimum atomic E-state index is -3.30. The number of para-hydroxylation sites is 1. The van der Waals surface area contributed by atoms with E-state index in [1.165, 1.54) is 17.0 Å². The second kappa shape index (κ2) is 10.9.